The number of hydrogen-bond acceptors (Lipinski definition) is 2. The molecule has 78 valence electrons. The third-order valence-electron chi connectivity index (χ3n) is 2.24. The average molecular weight is 282 g/mol. The number of aryl methyl sites for hydroxylation is 1. The van der Waals surface area contributed by atoms with E-state index in [1.807, 2.05) is 0 Å². The van der Waals surface area contributed by atoms with Crippen LogP contribution in [0.25, 0.3) is 0 Å². The maximum atomic E-state index is 3.50. The number of anilines is 1. The van der Waals surface area contributed by atoms with Gasteiger partial charge in [-0.1, -0.05) is 28.1 Å². The molecule has 3 heteroatoms. The van der Waals surface area contributed by atoms with Crippen LogP contribution in [-0.4, -0.2) is 0 Å². The number of benzene rings is 1. The van der Waals surface area contributed by atoms with Crippen molar-refractivity contribution < 1.29 is 0 Å². The van der Waals surface area contributed by atoms with Crippen molar-refractivity contribution in [3.05, 3.63) is 50.6 Å². The molecule has 1 heterocycles. The Labute approximate surface area is 102 Å². The van der Waals surface area contributed by atoms with Gasteiger partial charge in [0.05, 0.1) is 0 Å². The Bertz CT molecular complexity index is 437. The molecule has 0 amide bonds. The Morgan fingerprint density at radius 3 is 2.87 bits per heavy atom. The van der Waals surface area contributed by atoms with Crippen LogP contribution in [0.5, 0.6) is 0 Å². The summed E-state index contributed by atoms with van der Waals surface area (Å²) in [5.74, 6) is 0. The molecule has 0 aliphatic carbocycles. The van der Waals surface area contributed by atoms with Crippen molar-refractivity contribution in [2.45, 2.75) is 13.5 Å². The predicted octanol–water partition coefficient (Wildman–Crippen LogP) is 4.43. The van der Waals surface area contributed by atoms with Gasteiger partial charge in [-0.3, -0.25) is 0 Å². The summed E-state index contributed by atoms with van der Waals surface area (Å²) < 4.78 is 1.17. The first-order valence-corrected chi connectivity index (χ1v) is 6.50. The lowest BCUT2D eigenvalue weighted by atomic mass is 10.1. The fourth-order valence-electron chi connectivity index (χ4n) is 1.39. The molecule has 1 nitrogen and oxygen atoms in total. The first-order valence-electron chi connectivity index (χ1n) is 4.77. The zero-order chi connectivity index (χ0) is 10.7. The van der Waals surface area contributed by atoms with E-state index in [4.69, 9.17) is 0 Å². The molecule has 1 aromatic carbocycles. The molecule has 0 saturated carbocycles. The van der Waals surface area contributed by atoms with Crippen LogP contribution in [0.4, 0.5) is 5.69 Å². The zero-order valence-corrected chi connectivity index (χ0v) is 10.9. The largest absolute Gasteiger partial charge is 0.380 e. The molecular formula is C12H12BrNS. The number of rotatable bonds is 3. The summed E-state index contributed by atoms with van der Waals surface area (Å²) in [6.07, 6.45) is 0. The summed E-state index contributed by atoms with van der Waals surface area (Å²) >= 11 is 5.21. The van der Waals surface area contributed by atoms with E-state index < -0.39 is 0 Å². The monoisotopic (exact) mass is 281 g/mol. The van der Waals surface area contributed by atoms with Gasteiger partial charge in [-0.2, -0.15) is 11.3 Å². The van der Waals surface area contributed by atoms with Gasteiger partial charge in [-0.25, -0.2) is 0 Å². The smallest absolute Gasteiger partial charge is 0.0451 e. The molecule has 0 saturated heterocycles. The van der Waals surface area contributed by atoms with Crippen LogP contribution < -0.4 is 5.32 Å². The third kappa shape index (κ3) is 2.83. The van der Waals surface area contributed by atoms with E-state index in [2.05, 4.69) is 63.2 Å². The lowest BCUT2D eigenvalue weighted by molar-refractivity contribution is 1.14. The van der Waals surface area contributed by atoms with Gasteiger partial charge in [0.2, 0.25) is 0 Å². The second kappa shape index (κ2) is 4.81. The van der Waals surface area contributed by atoms with E-state index in [0.29, 0.717) is 0 Å². The van der Waals surface area contributed by atoms with Crippen LogP contribution in [0.3, 0.4) is 0 Å². The van der Waals surface area contributed by atoms with Gasteiger partial charge in [-0.15, -0.1) is 0 Å². The molecule has 0 spiro atoms. The van der Waals surface area contributed by atoms with Gasteiger partial charge in [-0.05, 0) is 35.6 Å². The lowest BCUT2D eigenvalue weighted by Gasteiger charge is -2.06. The van der Waals surface area contributed by atoms with Crippen LogP contribution in [0.1, 0.15) is 11.1 Å². The molecule has 2 rings (SSSR count). The van der Waals surface area contributed by atoms with Crippen LogP contribution in [0.15, 0.2) is 39.5 Å². The molecule has 1 N–H and O–H groups in total. The SMILES string of the molecule is Cc1cc(CNc2ccsc2)ccc1Br. The van der Waals surface area contributed by atoms with E-state index in [1.165, 1.54) is 21.3 Å². The van der Waals surface area contributed by atoms with Crippen molar-refractivity contribution in [3.8, 4) is 0 Å². The molecule has 0 fully saturated rings. The highest BCUT2D eigenvalue weighted by Gasteiger charge is 1.97. The predicted molar refractivity (Wildman–Crippen MR) is 70.5 cm³/mol. The van der Waals surface area contributed by atoms with Gasteiger partial charge < -0.3 is 5.32 Å². The van der Waals surface area contributed by atoms with Gasteiger partial charge >= 0.3 is 0 Å². The molecular weight excluding hydrogens is 270 g/mol. The molecule has 1 aromatic heterocycles. The summed E-state index contributed by atoms with van der Waals surface area (Å²) in [5.41, 5.74) is 3.78. The first-order chi connectivity index (χ1) is 7.25. The summed E-state index contributed by atoms with van der Waals surface area (Å²) in [6.45, 7) is 2.99. The second-order valence-corrected chi connectivity index (χ2v) is 5.08. The molecule has 15 heavy (non-hydrogen) atoms. The van der Waals surface area contributed by atoms with Gasteiger partial charge in [0.25, 0.3) is 0 Å². The molecule has 0 atom stereocenters. The third-order valence-corrected chi connectivity index (χ3v) is 3.81. The lowest BCUT2D eigenvalue weighted by Crippen LogP contribution is -1.98. The first kappa shape index (κ1) is 10.7. The summed E-state index contributed by atoms with van der Waals surface area (Å²) in [4.78, 5) is 0. The maximum absolute atomic E-state index is 3.50. The zero-order valence-electron chi connectivity index (χ0n) is 8.46. The quantitative estimate of drug-likeness (QED) is 0.878. The van der Waals surface area contributed by atoms with E-state index in [-0.39, 0.29) is 0 Å². The van der Waals surface area contributed by atoms with Crippen molar-refractivity contribution in [1.29, 1.82) is 0 Å². The Kier molecular flexibility index (Phi) is 3.44. The van der Waals surface area contributed by atoms with Crippen LogP contribution in [0.2, 0.25) is 0 Å². The molecule has 0 aliphatic heterocycles. The van der Waals surface area contributed by atoms with Crippen molar-refractivity contribution >= 4 is 33.0 Å². The van der Waals surface area contributed by atoms with Crippen LogP contribution in [-0.2, 0) is 6.54 Å². The molecule has 0 radical (unpaired) electrons. The summed E-state index contributed by atoms with van der Waals surface area (Å²) in [7, 11) is 0. The van der Waals surface area contributed by atoms with Crippen molar-refractivity contribution in [3.63, 3.8) is 0 Å². The van der Waals surface area contributed by atoms with E-state index in [1.54, 1.807) is 11.3 Å². The van der Waals surface area contributed by atoms with Crippen LogP contribution in [0, 0.1) is 6.92 Å². The summed E-state index contributed by atoms with van der Waals surface area (Å²) in [5, 5.41) is 7.58. The molecule has 0 bridgehead atoms. The topological polar surface area (TPSA) is 12.0 Å². The van der Waals surface area contributed by atoms with Gasteiger partial charge in [0, 0.05) is 22.1 Å². The minimum atomic E-state index is 0.880. The maximum Gasteiger partial charge on any atom is 0.0451 e. The van der Waals surface area contributed by atoms with Gasteiger partial charge in [0.15, 0.2) is 0 Å². The number of hydrogen-bond donors (Lipinski definition) is 1. The van der Waals surface area contributed by atoms with Gasteiger partial charge in [0.1, 0.15) is 0 Å². The molecule has 0 unspecified atom stereocenters. The van der Waals surface area contributed by atoms with E-state index in [0.717, 1.165) is 6.54 Å². The van der Waals surface area contributed by atoms with Crippen molar-refractivity contribution in [2.24, 2.45) is 0 Å². The summed E-state index contributed by atoms with van der Waals surface area (Å²) in [6, 6.07) is 8.52. The van der Waals surface area contributed by atoms with Crippen molar-refractivity contribution in [1.82, 2.24) is 0 Å². The van der Waals surface area contributed by atoms with E-state index in [9.17, 15) is 0 Å². The fourth-order valence-corrected chi connectivity index (χ4v) is 2.24. The van der Waals surface area contributed by atoms with Crippen LogP contribution >= 0.6 is 27.3 Å². The number of thiophene rings is 1. The Morgan fingerprint density at radius 1 is 1.33 bits per heavy atom. The minimum Gasteiger partial charge on any atom is -0.380 e. The Balaban J connectivity index is 2.02. The Morgan fingerprint density at radius 2 is 2.20 bits per heavy atom. The standard InChI is InChI=1S/C12H12BrNS/c1-9-6-10(2-3-12(9)13)7-14-11-4-5-15-8-11/h2-6,8,14H,7H2,1H3. The Hall–Kier alpha value is -0.800. The normalized spacial score (nSPS) is 10.3. The highest BCUT2D eigenvalue weighted by atomic mass is 79.9. The fraction of sp³-hybridized carbons (Fsp3) is 0.167. The van der Waals surface area contributed by atoms with Crippen molar-refractivity contribution in [2.75, 3.05) is 5.32 Å². The second-order valence-electron chi connectivity index (χ2n) is 3.45. The number of nitrogens with one attached hydrogen (secondary N) is 1. The number of halogens is 1. The molecule has 0 aliphatic rings. The highest BCUT2D eigenvalue weighted by Crippen LogP contribution is 2.18. The average Bonchev–Trinajstić information content (AvgIpc) is 2.73. The van der Waals surface area contributed by atoms with E-state index >= 15 is 0 Å². The molecule has 2 aromatic rings. The minimum absolute atomic E-state index is 0.880. The highest BCUT2D eigenvalue weighted by molar-refractivity contribution is 9.10.